The number of nitrogens with zero attached hydrogens (tertiary/aromatic N) is 1. The highest BCUT2D eigenvalue weighted by atomic mass is 32.1. The molecule has 3 nitrogen and oxygen atoms in total. The molecule has 0 saturated carbocycles. The van der Waals surface area contributed by atoms with E-state index in [1.165, 1.54) is 11.3 Å². The van der Waals surface area contributed by atoms with E-state index in [1.54, 1.807) is 19.1 Å². The molecular weight excluding hydrogens is 306 g/mol. The minimum atomic E-state index is 0.000890. The Morgan fingerprint density at radius 1 is 0.957 bits per heavy atom. The Morgan fingerprint density at radius 3 is 2.30 bits per heavy atom. The van der Waals surface area contributed by atoms with E-state index in [1.807, 2.05) is 66.7 Å². The van der Waals surface area contributed by atoms with Crippen molar-refractivity contribution < 1.29 is 9.53 Å². The highest BCUT2D eigenvalue weighted by Gasteiger charge is 2.16. The predicted molar refractivity (Wildman–Crippen MR) is 95.5 cm³/mol. The Balaban J connectivity index is 1.82. The van der Waals surface area contributed by atoms with Crippen LogP contribution >= 0.6 is 11.3 Å². The molecule has 0 bridgehead atoms. The van der Waals surface area contributed by atoms with E-state index < -0.39 is 0 Å². The lowest BCUT2D eigenvalue weighted by Gasteiger charge is -2.16. The maximum atomic E-state index is 12.6. The van der Waals surface area contributed by atoms with Crippen LogP contribution in [-0.2, 0) is 0 Å². The molecular formula is C19H17NO2S. The van der Waals surface area contributed by atoms with Crippen LogP contribution in [0.5, 0.6) is 5.75 Å². The zero-order valence-electron chi connectivity index (χ0n) is 13.0. The number of methoxy groups -OCH3 is 1. The highest BCUT2D eigenvalue weighted by Crippen LogP contribution is 2.30. The molecule has 0 aliphatic heterocycles. The SMILES string of the molecule is COc1ccc(-c2ccc(C(=O)N(C)c3ccccc3)s2)cc1. The van der Waals surface area contributed by atoms with Gasteiger partial charge in [-0.2, -0.15) is 0 Å². The monoisotopic (exact) mass is 323 g/mol. The minimum Gasteiger partial charge on any atom is -0.497 e. The number of carbonyl (C=O) groups excluding carboxylic acids is 1. The first-order valence-electron chi connectivity index (χ1n) is 7.26. The van der Waals surface area contributed by atoms with Gasteiger partial charge < -0.3 is 9.64 Å². The second-order valence-electron chi connectivity index (χ2n) is 5.09. The third-order valence-electron chi connectivity index (χ3n) is 3.64. The molecule has 3 rings (SSSR count). The van der Waals surface area contributed by atoms with Gasteiger partial charge in [-0.05, 0) is 54.1 Å². The summed E-state index contributed by atoms with van der Waals surface area (Å²) in [4.78, 5) is 16.1. The number of hydrogen-bond acceptors (Lipinski definition) is 3. The summed E-state index contributed by atoms with van der Waals surface area (Å²) in [5.41, 5.74) is 1.97. The van der Waals surface area contributed by atoms with Crippen molar-refractivity contribution in [2.45, 2.75) is 0 Å². The van der Waals surface area contributed by atoms with Crippen molar-refractivity contribution in [3.8, 4) is 16.2 Å². The summed E-state index contributed by atoms with van der Waals surface area (Å²) in [6, 6.07) is 21.4. The van der Waals surface area contributed by atoms with Crippen molar-refractivity contribution >= 4 is 22.9 Å². The second kappa shape index (κ2) is 6.67. The molecule has 3 aromatic rings. The maximum Gasteiger partial charge on any atom is 0.268 e. The zero-order valence-corrected chi connectivity index (χ0v) is 13.8. The molecule has 0 saturated heterocycles. The first kappa shape index (κ1) is 15.3. The smallest absolute Gasteiger partial charge is 0.268 e. The van der Waals surface area contributed by atoms with Crippen molar-refractivity contribution in [2.24, 2.45) is 0 Å². The number of benzene rings is 2. The molecule has 0 radical (unpaired) electrons. The number of anilines is 1. The normalized spacial score (nSPS) is 10.3. The second-order valence-corrected chi connectivity index (χ2v) is 6.18. The van der Waals surface area contributed by atoms with Crippen molar-refractivity contribution in [1.29, 1.82) is 0 Å². The van der Waals surface area contributed by atoms with E-state index >= 15 is 0 Å². The molecule has 0 aliphatic rings. The van der Waals surface area contributed by atoms with Crippen molar-refractivity contribution in [3.63, 3.8) is 0 Å². The zero-order chi connectivity index (χ0) is 16.2. The Kier molecular flexibility index (Phi) is 4.44. The number of rotatable bonds is 4. The van der Waals surface area contributed by atoms with E-state index in [4.69, 9.17) is 4.74 Å². The quantitative estimate of drug-likeness (QED) is 0.696. The molecule has 23 heavy (non-hydrogen) atoms. The van der Waals surface area contributed by atoms with Crippen LogP contribution in [0, 0.1) is 0 Å². The van der Waals surface area contributed by atoms with Crippen LogP contribution < -0.4 is 9.64 Å². The van der Waals surface area contributed by atoms with Gasteiger partial charge in [0.15, 0.2) is 0 Å². The van der Waals surface area contributed by atoms with E-state index in [9.17, 15) is 4.79 Å². The maximum absolute atomic E-state index is 12.6. The molecule has 0 atom stereocenters. The van der Waals surface area contributed by atoms with E-state index in [-0.39, 0.29) is 5.91 Å². The average Bonchev–Trinajstić information content (AvgIpc) is 3.11. The number of hydrogen-bond donors (Lipinski definition) is 0. The van der Waals surface area contributed by atoms with E-state index in [0.717, 1.165) is 26.8 Å². The first-order chi connectivity index (χ1) is 11.2. The average molecular weight is 323 g/mol. The fourth-order valence-electron chi connectivity index (χ4n) is 2.30. The van der Waals surface area contributed by atoms with E-state index in [2.05, 4.69) is 0 Å². The summed E-state index contributed by atoms with van der Waals surface area (Å²) in [7, 11) is 3.45. The van der Waals surface area contributed by atoms with Gasteiger partial charge in [-0.3, -0.25) is 4.79 Å². The van der Waals surface area contributed by atoms with Crippen molar-refractivity contribution in [3.05, 3.63) is 71.6 Å². The summed E-state index contributed by atoms with van der Waals surface area (Å²) in [5.74, 6) is 0.825. The van der Waals surface area contributed by atoms with Crippen LogP contribution in [0.2, 0.25) is 0 Å². The van der Waals surface area contributed by atoms with Gasteiger partial charge in [-0.15, -0.1) is 11.3 Å². The van der Waals surface area contributed by atoms with Gasteiger partial charge in [0.25, 0.3) is 5.91 Å². The Bertz CT molecular complexity index is 794. The van der Waals surface area contributed by atoms with Gasteiger partial charge in [0.05, 0.1) is 12.0 Å². The van der Waals surface area contributed by atoms with Gasteiger partial charge in [0.1, 0.15) is 5.75 Å². The Morgan fingerprint density at radius 2 is 1.65 bits per heavy atom. The van der Waals surface area contributed by atoms with Crippen LogP contribution in [0.25, 0.3) is 10.4 Å². The lowest BCUT2D eigenvalue weighted by molar-refractivity contribution is 0.0997. The minimum absolute atomic E-state index is 0.000890. The molecule has 4 heteroatoms. The standard InChI is InChI=1S/C19H17NO2S/c1-20(15-6-4-3-5-7-15)19(21)18-13-12-17(23-18)14-8-10-16(22-2)11-9-14/h3-13H,1-2H3. The molecule has 1 amide bonds. The molecule has 0 N–H and O–H groups in total. The summed E-state index contributed by atoms with van der Waals surface area (Å²) < 4.78 is 5.17. The summed E-state index contributed by atoms with van der Waals surface area (Å²) in [5, 5.41) is 0. The Hall–Kier alpha value is -2.59. The van der Waals surface area contributed by atoms with Gasteiger partial charge in [0, 0.05) is 17.6 Å². The molecule has 0 aliphatic carbocycles. The lowest BCUT2D eigenvalue weighted by atomic mass is 10.2. The number of carbonyl (C=O) groups is 1. The predicted octanol–water partition coefficient (Wildman–Crippen LogP) is 4.70. The highest BCUT2D eigenvalue weighted by molar-refractivity contribution is 7.17. The largest absolute Gasteiger partial charge is 0.497 e. The molecule has 1 aromatic heterocycles. The fraction of sp³-hybridized carbons (Fsp3) is 0.105. The van der Waals surface area contributed by atoms with E-state index in [0.29, 0.717) is 0 Å². The molecule has 0 spiro atoms. The molecule has 2 aromatic carbocycles. The third-order valence-corrected chi connectivity index (χ3v) is 4.76. The lowest BCUT2D eigenvalue weighted by Crippen LogP contribution is -2.25. The summed E-state index contributed by atoms with van der Waals surface area (Å²) in [6.45, 7) is 0. The summed E-state index contributed by atoms with van der Waals surface area (Å²) in [6.07, 6.45) is 0. The number of para-hydroxylation sites is 1. The van der Waals surface area contributed by atoms with Crippen LogP contribution in [-0.4, -0.2) is 20.1 Å². The molecule has 0 fully saturated rings. The van der Waals surface area contributed by atoms with Gasteiger partial charge in [-0.25, -0.2) is 0 Å². The van der Waals surface area contributed by atoms with Gasteiger partial charge in [-0.1, -0.05) is 18.2 Å². The van der Waals surface area contributed by atoms with Crippen LogP contribution in [0.3, 0.4) is 0 Å². The number of thiophene rings is 1. The van der Waals surface area contributed by atoms with Crippen molar-refractivity contribution in [2.75, 3.05) is 19.1 Å². The van der Waals surface area contributed by atoms with Gasteiger partial charge >= 0.3 is 0 Å². The van der Waals surface area contributed by atoms with Crippen LogP contribution in [0.4, 0.5) is 5.69 Å². The third kappa shape index (κ3) is 3.27. The topological polar surface area (TPSA) is 29.5 Å². The molecule has 1 heterocycles. The fourth-order valence-corrected chi connectivity index (χ4v) is 3.28. The summed E-state index contributed by atoms with van der Waals surface area (Å²) >= 11 is 1.50. The van der Waals surface area contributed by atoms with Crippen molar-refractivity contribution in [1.82, 2.24) is 0 Å². The van der Waals surface area contributed by atoms with Gasteiger partial charge in [0.2, 0.25) is 0 Å². The van der Waals surface area contributed by atoms with Crippen LogP contribution in [0.1, 0.15) is 9.67 Å². The molecule has 116 valence electrons. The number of amides is 1. The molecule has 0 unspecified atom stereocenters. The number of ether oxygens (including phenoxy) is 1. The first-order valence-corrected chi connectivity index (χ1v) is 8.08. The Labute approximate surface area is 139 Å². The van der Waals surface area contributed by atoms with Crippen LogP contribution in [0.15, 0.2) is 66.7 Å².